The molecule has 0 radical (unpaired) electrons. The van der Waals surface area contributed by atoms with Crippen molar-refractivity contribution < 1.29 is 4.42 Å². The molecule has 1 aromatic carbocycles. The zero-order valence-corrected chi connectivity index (χ0v) is 10.3. The SMILES string of the molecule is CC(N)/C=C/c1ccc(-c2ccc(Cl)cc2)o1. The minimum Gasteiger partial charge on any atom is -0.457 e. The molecule has 88 valence electrons. The van der Waals surface area contributed by atoms with E-state index < -0.39 is 0 Å². The lowest BCUT2D eigenvalue weighted by Crippen LogP contribution is -2.09. The van der Waals surface area contributed by atoms with Crippen LogP contribution in [0.15, 0.2) is 46.9 Å². The molecule has 1 unspecified atom stereocenters. The van der Waals surface area contributed by atoms with Crippen LogP contribution in [0, 0.1) is 0 Å². The number of benzene rings is 1. The summed E-state index contributed by atoms with van der Waals surface area (Å²) < 4.78 is 5.67. The van der Waals surface area contributed by atoms with Crippen molar-refractivity contribution in [1.82, 2.24) is 0 Å². The Morgan fingerprint density at radius 1 is 1.18 bits per heavy atom. The lowest BCUT2D eigenvalue weighted by atomic mass is 10.2. The molecule has 0 aliphatic carbocycles. The second-order valence-electron chi connectivity index (χ2n) is 3.93. The average molecular weight is 248 g/mol. The van der Waals surface area contributed by atoms with Crippen LogP contribution >= 0.6 is 11.6 Å². The Kier molecular flexibility index (Phi) is 3.67. The van der Waals surface area contributed by atoms with Crippen molar-refractivity contribution in [2.75, 3.05) is 0 Å². The van der Waals surface area contributed by atoms with Gasteiger partial charge in [-0.25, -0.2) is 0 Å². The topological polar surface area (TPSA) is 39.2 Å². The van der Waals surface area contributed by atoms with Crippen LogP contribution in [-0.4, -0.2) is 6.04 Å². The van der Waals surface area contributed by atoms with Gasteiger partial charge < -0.3 is 10.2 Å². The Balaban J connectivity index is 2.21. The van der Waals surface area contributed by atoms with E-state index in [4.69, 9.17) is 21.8 Å². The summed E-state index contributed by atoms with van der Waals surface area (Å²) in [5.41, 5.74) is 6.64. The van der Waals surface area contributed by atoms with E-state index in [1.165, 1.54) is 0 Å². The van der Waals surface area contributed by atoms with Crippen molar-refractivity contribution in [3.63, 3.8) is 0 Å². The van der Waals surface area contributed by atoms with Crippen molar-refractivity contribution >= 4 is 17.7 Å². The van der Waals surface area contributed by atoms with E-state index in [0.29, 0.717) is 0 Å². The number of hydrogen-bond donors (Lipinski definition) is 1. The molecular weight excluding hydrogens is 234 g/mol. The van der Waals surface area contributed by atoms with Crippen molar-refractivity contribution in [1.29, 1.82) is 0 Å². The molecule has 0 fully saturated rings. The molecule has 2 nitrogen and oxygen atoms in total. The molecule has 1 heterocycles. The first-order valence-corrected chi connectivity index (χ1v) is 5.82. The Labute approximate surface area is 106 Å². The summed E-state index contributed by atoms with van der Waals surface area (Å²) in [4.78, 5) is 0. The molecule has 0 saturated carbocycles. The first-order chi connectivity index (χ1) is 8.15. The van der Waals surface area contributed by atoms with Crippen LogP contribution in [-0.2, 0) is 0 Å². The fourth-order valence-corrected chi connectivity index (χ4v) is 1.58. The van der Waals surface area contributed by atoms with Crippen LogP contribution in [0.3, 0.4) is 0 Å². The van der Waals surface area contributed by atoms with E-state index in [0.717, 1.165) is 22.1 Å². The first-order valence-electron chi connectivity index (χ1n) is 5.45. The molecule has 0 spiro atoms. The maximum Gasteiger partial charge on any atom is 0.134 e. The normalized spacial score (nSPS) is 13.1. The maximum atomic E-state index is 5.83. The molecule has 0 saturated heterocycles. The highest BCUT2D eigenvalue weighted by Crippen LogP contribution is 2.24. The third-order valence-electron chi connectivity index (χ3n) is 2.32. The number of halogens is 1. The van der Waals surface area contributed by atoms with Gasteiger partial charge in [-0.2, -0.15) is 0 Å². The zero-order chi connectivity index (χ0) is 12.3. The van der Waals surface area contributed by atoms with Gasteiger partial charge in [-0.05, 0) is 49.4 Å². The lowest BCUT2D eigenvalue weighted by molar-refractivity contribution is 0.571. The Morgan fingerprint density at radius 2 is 1.88 bits per heavy atom. The van der Waals surface area contributed by atoms with Crippen LogP contribution in [0.5, 0.6) is 0 Å². The molecule has 0 aliphatic heterocycles. The number of nitrogens with two attached hydrogens (primary N) is 1. The van der Waals surface area contributed by atoms with Gasteiger partial charge >= 0.3 is 0 Å². The molecular formula is C14H14ClNO. The summed E-state index contributed by atoms with van der Waals surface area (Å²) >= 11 is 5.83. The molecule has 0 aliphatic rings. The minimum absolute atomic E-state index is 0.0269. The largest absolute Gasteiger partial charge is 0.457 e. The van der Waals surface area contributed by atoms with Gasteiger partial charge in [0.15, 0.2) is 0 Å². The van der Waals surface area contributed by atoms with Crippen LogP contribution in [0.4, 0.5) is 0 Å². The Morgan fingerprint density at radius 3 is 2.53 bits per heavy atom. The van der Waals surface area contributed by atoms with Crippen molar-refractivity contribution in [3.05, 3.63) is 53.3 Å². The van der Waals surface area contributed by atoms with E-state index >= 15 is 0 Å². The van der Waals surface area contributed by atoms with Gasteiger partial charge in [-0.3, -0.25) is 0 Å². The van der Waals surface area contributed by atoms with E-state index in [-0.39, 0.29) is 6.04 Å². The third-order valence-corrected chi connectivity index (χ3v) is 2.57. The first kappa shape index (κ1) is 12.0. The van der Waals surface area contributed by atoms with Gasteiger partial charge in [0, 0.05) is 16.6 Å². The maximum absolute atomic E-state index is 5.83. The smallest absolute Gasteiger partial charge is 0.134 e. The highest BCUT2D eigenvalue weighted by molar-refractivity contribution is 6.30. The Bertz CT molecular complexity index is 511. The zero-order valence-electron chi connectivity index (χ0n) is 9.56. The van der Waals surface area contributed by atoms with E-state index in [2.05, 4.69) is 0 Å². The Hall–Kier alpha value is -1.51. The second-order valence-corrected chi connectivity index (χ2v) is 4.36. The summed E-state index contributed by atoms with van der Waals surface area (Å²) in [5.74, 6) is 1.62. The summed E-state index contributed by atoms with van der Waals surface area (Å²) in [6.45, 7) is 1.92. The van der Waals surface area contributed by atoms with Crippen molar-refractivity contribution in [3.8, 4) is 11.3 Å². The predicted octanol–water partition coefficient (Wildman–Crippen LogP) is 3.96. The van der Waals surface area contributed by atoms with Crippen LogP contribution in [0.2, 0.25) is 5.02 Å². The number of furan rings is 1. The second kappa shape index (κ2) is 5.21. The van der Waals surface area contributed by atoms with Crippen LogP contribution < -0.4 is 5.73 Å². The average Bonchev–Trinajstić information content (AvgIpc) is 2.76. The van der Waals surface area contributed by atoms with Crippen molar-refractivity contribution in [2.24, 2.45) is 5.73 Å². The van der Waals surface area contributed by atoms with E-state index in [1.54, 1.807) is 0 Å². The minimum atomic E-state index is 0.0269. The van der Waals surface area contributed by atoms with Gasteiger partial charge in [0.25, 0.3) is 0 Å². The van der Waals surface area contributed by atoms with Gasteiger partial charge in [0.05, 0.1) is 0 Å². The molecule has 2 rings (SSSR count). The van der Waals surface area contributed by atoms with Crippen molar-refractivity contribution in [2.45, 2.75) is 13.0 Å². The summed E-state index contributed by atoms with van der Waals surface area (Å²) in [5, 5.41) is 0.720. The molecule has 17 heavy (non-hydrogen) atoms. The molecule has 0 bridgehead atoms. The fourth-order valence-electron chi connectivity index (χ4n) is 1.46. The highest BCUT2D eigenvalue weighted by atomic mass is 35.5. The third kappa shape index (κ3) is 3.22. The van der Waals surface area contributed by atoms with Gasteiger partial charge in [-0.15, -0.1) is 0 Å². The van der Waals surface area contributed by atoms with E-state index in [1.807, 2.05) is 55.5 Å². The summed E-state index contributed by atoms with van der Waals surface area (Å²) in [6.07, 6.45) is 3.77. The summed E-state index contributed by atoms with van der Waals surface area (Å²) in [6, 6.07) is 11.4. The van der Waals surface area contributed by atoms with E-state index in [9.17, 15) is 0 Å². The van der Waals surface area contributed by atoms with Crippen LogP contribution in [0.25, 0.3) is 17.4 Å². The predicted molar refractivity (Wildman–Crippen MR) is 71.8 cm³/mol. The molecule has 1 aromatic heterocycles. The standard InChI is InChI=1S/C14H14ClNO/c1-10(16)2-7-13-8-9-14(17-13)11-3-5-12(15)6-4-11/h2-10H,16H2,1H3/b7-2+. The fraction of sp³-hybridized carbons (Fsp3) is 0.143. The molecule has 2 aromatic rings. The molecule has 2 N–H and O–H groups in total. The number of rotatable bonds is 3. The molecule has 0 amide bonds. The van der Waals surface area contributed by atoms with Gasteiger partial charge in [0.1, 0.15) is 11.5 Å². The van der Waals surface area contributed by atoms with Gasteiger partial charge in [-0.1, -0.05) is 17.7 Å². The molecule has 1 atom stereocenters. The van der Waals surface area contributed by atoms with Crippen LogP contribution in [0.1, 0.15) is 12.7 Å². The quantitative estimate of drug-likeness (QED) is 0.892. The highest BCUT2D eigenvalue weighted by Gasteiger charge is 2.02. The molecule has 3 heteroatoms. The lowest BCUT2D eigenvalue weighted by Gasteiger charge is -1.96. The monoisotopic (exact) mass is 247 g/mol. The number of hydrogen-bond acceptors (Lipinski definition) is 2. The van der Waals surface area contributed by atoms with Gasteiger partial charge in [0.2, 0.25) is 0 Å². The summed E-state index contributed by atoms with van der Waals surface area (Å²) in [7, 11) is 0.